The van der Waals surface area contributed by atoms with Gasteiger partial charge in [-0.15, -0.1) is 0 Å². The van der Waals surface area contributed by atoms with E-state index in [0.717, 1.165) is 19.5 Å². The first-order valence-electron chi connectivity index (χ1n) is 6.90. The summed E-state index contributed by atoms with van der Waals surface area (Å²) in [5.41, 5.74) is 9.54. The molecule has 2 N–H and O–H groups in total. The van der Waals surface area contributed by atoms with E-state index in [4.69, 9.17) is 5.73 Å². The maximum Gasteiger partial charge on any atom is 0.246 e. The number of rotatable bonds is 3. The predicted molar refractivity (Wildman–Crippen MR) is 78.4 cm³/mol. The second-order valence-electron chi connectivity index (χ2n) is 5.14. The molecule has 0 bridgehead atoms. The molecule has 0 aliphatic carbocycles. The van der Waals surface area contributed by atoms with Gasteiger partial charge in [-0.3, -0.25) is 4.79 Å². The number of nitrogens with two attached hydrogens (primary N) is 1. The fourth-order valence-electron chi connectivity index (χ4n) is 2.82. The summed E-state index contributed by atoms with van der Waals surface area (Å²) in [4.78, 5) is 16.2. The maximum absolute atomic E-state index is 12.3. The van der Waals surface area contributed by atoms with Crippen molar-refractivity contribution in [3.8, 4) is 0 Å². The van der Waals surface area contributed by atoms with E-state index >= 15 is 0 Å². The standard InChI is InChI=1S/C15H23N3O/c1-4-12-7-5-6-11(2)14(12)18-9-8-17(3)15(19)13(18)10-16/h5-7,13H,4,8-10,16H2,1-3H3. The summed E-state index contributed by atoms with van der Waals surface area (Å²) in [6.07, 6.45) is 0.967. The molecule has 0 aromatic heterocycles. The Morgan fingerprint density at radius 3 is 2.74 bits per heavy atom. The van der Waals surface area contributed by atoms with Crippen molar-refractivity contribution in [3.63, 3.8) is 0 Å². The molecule has 4 heteroatoms. The van der Waals surface area contributed by atoms with Gasteiger partial charge in [0, 0.05) is 32.4 Å². The fraction of sp³-hybridized carbons (Fsp3) is 0.533. The Labute approximate surface area is 115 Å². The molecule has 0 radical (unpaired) electrons. The summed E-state index contributed by atoms with van der Waals surface area (Å²) >= 11 is 0. The monoisotopic (exact) mass is 261 g/mol. The molecule has 1 fully saturated rings. The number of piperazine rings is 1. The van der Waals surface area contributed by atoms with E-state index in [1.54, 1.807) is 4.90 Å². The van der Waals surface area contributed by atoms with Gasteiger partial charge in [-0.2, -0.15) is 0 Å². The molecule has 1 amide bonds. The molecular weight excluding hydrogens is 238 g/mol. The van der Waals surface area contributed by atoms with Gasteiger partial charge >= 0.3 is 0 Å². The molecule has 1 unspecified atom stereocenters. The van der Waals surface area contributed by atoms with Crippen LogP contribution in [-0.2, 0) is 11.2 Å². The van der Waals surface area contributed by atoms with Crippen molar-refractivity contribution in [2.24, 2.45) is 5.73 Å². The van der Waals surface area contributed by atoms with E-state index in [0.29, 0.717) is 6.54 Å². The second-order valence-corrected chi connectivity index (χ2v) is 5.14. The number of para-hydroxylation sites is 1. The summed E-state index contributed by atoms with van der Waals surface area (Å²) in [6.45, 7) is 6.22. The number of nitrogens with zero attached hydrogens (tertiary/aromatic N) is 2. The average Bonchev–Trinajstić information content (AvgIpc) is 2.41. The van der Waals surface area contributed by atoms with E-state index in [9.17, 15) is 4.79 Å². The molecule has 1 atom stereocenters. The van der Waals surface area contributed by atoms with Gasteiger partial charge < -0.3 is 15.5 Å². The van der Waals surface area contributed by atoms with E-state index in [2.05, 4.69) is 36.9 Å². The van der Waals surface area contributed by atoms with Crippen LogP contribution in [0.15, 0.2) is 18.2 Å². The van der Waals surface area contributed by atoms with Crippen molar-refractivity contribution in [1.82, 2.24) is 4.90 Å². The van der Waals surface area contributed by atoms with Gasteiger partial charge in [0.05, 0.1) is 0 Å². The van der Waals surface area contributed by atoms with Crippen LogP contribution >= 0.6 is 0 Å². The third kappa shape index (κ3) is 2.45. The highest BCUT2D eigenvalue weighted by Gasteiger charge is 2.33. The van der Waals surface area contributed by atoms with Crippen molar-refractivity contribution >= 4 is 11.6 Å². The molecule has 1 heterocycles. The zero-order chi connectivity index (χ0) is 14.0. The van der Waals surface area contributed by atoms with E-state index < -0.39 is 0 Å². The Hall–Kier alpha value is -1.55. The van der Waals surface area contributed by atoms with Crippen LogP contribution < -0.4 is 10.6 Å². The summed E-state index contributed by atoms with van der Waals surface area (Å²) in [6, 6.07) is 6.08. The summed E-state index contributed by atoms with van der Waals surface area (Å²) in [7, 11) is 1.85. The first-order chi connectivity index (χ1) is 9.10. The molecule has 1 saturated heterocycles. The van der Waals surface area contributed by atoms with Gasteiger partial charge in [0.15, 0.2) is 0 Å². The highest BCUT2D eigenvalue weighted by molar-refractivity contribution is 5.87. The van der Waals surface area contributed by atoms with Crippen LogP contribution in [0.1, 0.15) is 18.1 Å². The van der Waals surface area contributed by atoms with Crippen molar-refractivity contribution in [1.29, 1.82) is 0 Å². The lowest BCUT2D eigenvalue weighted by Crippen LogP contribution is -2.59. The molecule has 0 spiro atoms. The summed E-state index contributed by atoms with van der Waals surface area (Å²) in [5.74, 6) is 0.124. The molecule has 1 aliphatic rings. The van der Waals surface area contributed by atoms with Gasteiger partial charge in [0.2, 0.25) is 5.91 Å². The minimum atomic E-state index is -0.231. The van der Waals surface area contributed by atoms with Gasteiger partial charge in [0.25, 0.3) is 0 Å². The topological polar surface area (TPSA) is 49.6 Å². The minimum absolute atomic E-state index is 0.124. The Bertz CT molecular complexity index is 472. The Morgan fingerprint density at radius 2 is 2.11 bits per heavy atom. The highest BCUT2D eigenvalue weighted by Crippen LogP contribution is 2.29. The SMILES string of the molecule is CCc1cccc(C)c1N1CCN(C)C(=O)C1CN. The first kappa shape index (κ1) is 13.9. The molecule has 1 aromatic rings. The van der Waals surface area contributed by atoms with Gasteiger partial charge in [-0.1, -0.05) is 25.1 Å². The highest BCUT2D eigenvalue weighted by atomic mass is 16.2. The predicted octanol–water partition coefficient (Wildman–Crippen LogP) is 1.16. The van der Waals surface area contributed by atoms with E-state index in [1.807, 2.05) is 7.05 Å². The van der Waals surface area contributed by atoms with E-state index in [1.165, 1.54) is 16.8 Å². The minimum Gasteiger partial charge on any atom is -0.356 e. The average molecular weight is 261 g/mol. The largest absolute Gasteiger partial charge is 0.356 e. The summed E-state index contributed by atoms with van der Waals surface area (Å²) < 4.78 is 0. The number of likely N-dealkylation sites (N-methyl/N-ethyl adjacent to an activating group) is 1. The Morgan fingerprint density at radius 1 is 1.37 bits per heavy atom. The lowest BCUT2D eigenvalue weighted by molar-refractivity contribution is -0.132. The zero-order valence-electron chi connectivity index (χ0n) is 12.0. The van der Waals surface area contributed by atoms with Crippen LogP contribution in [0, 0.1) is 6.92 Å². The smallest absolute Gasteiger partial charge is 0.246 e. The molecule has 104 valence electrons. The van der Waals surface area contributed by atoms with Crippen molar-refractivity contribution < 1.29 is 4.79 Å². The van der Waals surface area contributed by atoms with Crippen LogP contribution in [-0.4, -0.2) is 43.5 Å². The van der Waals surface area contributed by atoms with Crippen molar-refractivity contribution in [2.45, 2.75) is 26.3 Å². The summed E-state index contributed by atoms with van der Waals surface area (Å²) in [5, 5.41) is 0. The number of benzene rings is 1. The number of anilines is 1. The van der Waals surface area contributed by atoms with Crippen LogP contribution in [0.5, 0.6) is 0 Å². The molecular formula is C15H23N3O. The number of hydrogen-bond acceptors (Lipinski definition) is 3. The number of carbonyl (C=O) groups is 1. The second kappa shape index (κ2) is 5.61. The lowest BCUT2D eigenvalue weighted by atomic mass is 10.0. The number of carbonyl (C=O) groups excluding carboxylic acids is 1. The number of hydrogen-bond donors (Lipinski definition) is 1. The van der Waals surface area contributed by atoms with Crippen molar-refractivity contribution in [3.05, 3.63) is 29.3 Å². The third-order valence-corrected chi connectivity index (χ3v) is 3.93. The van der Waals surface area contributed by atoms with Gasteiger partial charge in [-0.05, 0) is 24.5 Å². The lowest BCUT2D eigenvalue weighted by Gasteiger charge is -2.41. The number of aryl methyl sites for hydroxylation is 2. The van der Waals surface area contributed by atoms with Gasteiger partial charge in [-0.25, -0.2) is 0 Å². The fourth-order valence-corrected chi connectivity index (χ4v) is 2.82. The maximum atomic E-state index is 12.3. The normalized spacial score (nSPS) is 20.0. The quantitative estimate of drug-likeness (QED) is 0.888. The number of amides is 1. The molecule has 2 rings (SSSR count). The Kier molecular flexibility index (Phi) is 4.10. The molecule has 1 aliphatic heterocycles. The van der Waals surface area contributed by atoms with Crippen LogP contribution in [0.2, 0.25) is 0 Å². The Balaban J connectivity index is 2.43. The molecule has 4 nitrogen and oxygen atoms in total. The van der Waals surface area contributed by atoms with Crippen LogP contribution in [0.3, 0.4) is 0 Å². The van der Waals surface area contributed by atoms with Gasteiger partial charge in [0.1, 0.15) is 6.04 Å². The third-order valence-electron chi connectivity index (χ3n) is 3.93. The zero-order valence-corrected chi connectivity index (χ0v) is 12.0. The van der Waals surface area contributed by atoms with E-state index in [-0.39, 0.29) is 11.9 Å². The van der Waals surface area contributed by atoms with Crippen LogP contribution in [0.25, 0.3) is 0 Å². The van der Waals surface area contributed by atoms with Crippen LogP contribution in [0.4, 0.5) is 5.69 Å². The molecule has 0 saturated carbocycles. The molecule has 1 aromatic carbocycles. The molecule has 19 heavy (non-hydrogen) atoms. The van der Waals surface area contributed by atoms with Crippen molar-refractivity contribution in [2.75, 3.05) is 31.6 Å². The first-order valence-corrected chi connectivity index (χ1v) is 6.90.